The summed E-state index contributed by atoms with van der Waals surface area (Å²) < 4.78 is 1.71. The van der Waals surface area contributed by atoms with Crippen LogP contribution in [-0.4, -0.2) is 31.6 Å². The first-order chi connectivity index (χ1) is 7.20. The van der Waals surface area contributed by atoms with Crippen molar-refractivity contribution < 1.29 is 5.11 Å². The van der Waals surface area contributed by atoms with Crippen LogP contribution in [0.25, 0.3) is 0 Å². The Morgan fingerprint density at radius 3 is 3.13 bits per heavy atom. The standard InChI is InChI=1S/C8H11N3O2S2/c9-5-1-2-11(8(13)10-5)6-4-14-7(3-12)15-6/h1-2,6-7,12H,3-4H2,(H2,9,10,13)/t6-,7?/m1/s1. The lowest BCUT2D eigenvalue weighted by Crippen LogP contribution is -2.25. The maximum atomic E-state index is 11.5. The summed E-state index contributed by atoms with van der Waals surface area (Å²) in [5.74, 6) is 1.05. The predicted octanol–water partition coefficient (Wildman–Crippen LogP) is 0.122. The molecule has 1 fully saturated rings. The molecule has 2 rings (SSSR count). The second kappa shape index (κ2) is 4.46. The van der Waals surface area contributed by atoms with Crippen LogP contribution < -0.4 is 11.4 Å². The third-order valence-electron chi connectivity index (χ3n) is 2.04. The summed E-state index contributed by atoms with van der Waals surface area (Å²) in [7, 11) is 0. The van der Waals surface area contributed by atoms with Crippen LogP contribution in [0.15, 0.2) is 17.1 Å². The van der Waals surface area contributed by atoms with E-state index in [9.17, 15) is 4.79 Å². The van der Waals surface area contributed by atoms with Crippen molar-refractivity contribution in [1.82, 2.24) is 9.55 Å². The SMILES string of the molecule is Nc1ccn([C@H]2CSC(CO)S2)c(=O)n1. The highest BCUT2D eigenvalue weighted by Crippen LogP contribution is 2.43. The van der Waals surface area contributed by atoms with Crippen molar-refractivity contribution in [3.8, 4) is 0 Å². The maximum absolute atomic E-state index is 11.5. The van der Waals surface area contributed by atoms with Crippen molar-refractivity contribution in [3.05, 3.63) is 22.7 Å². The highest BCUT2D eigenvalue weighted by atomic mass is 32.2. The Balaban J connectivity index is 2.20. The summed E-state index contributed by atoms with van der Waals surface area (Å²) in [6.07, 6.45) is 1.66. The molecule has 3 N–H and O–H groups in total. The molecule has 1 aromatic heterocycles. The third-order valence-corrected chi connectivity index (χ3v) is 5.19. The Morgan fingerprint density at radius 2 is 2.53 bits per heavy atom. The van der Waals surface area contributed by atoms with Gasteiger partial charge in [-0.25, -0.2) is 4.79 Å². The Morgan fingerprint density at radius 1 is 1.73 bits per heavy atom. The molecule has 1 aliphatic rings. The number of thioether (sulfide) groups is 2. The minimum absolute atomic E-state index is 0.0488. The lowest BCUT2D eigenvalue weighted by molar-refractivity contribution is 0.316. The zero-order chi connectivity index (χ0) is 10.8. The van der Waals surface area contributed by atoms with E-state index >= 15 is 0 Å². The average Bonchev–Trinajstić information content (AvgIpc) is 2.66. The lowest BCUT2D eigenvalue weighted by Gasteiger charge is -2.11. The second-order valence-electron chi connectivity index (χ2n) is 3.08. The summed E-state index contributed by atoms with van der Waals surface area (Å²) in [5, 5.41) is 9.03. The summed E-state index contributed by atoms with van der Waals surface area (Å²) in [6, 6.07) is 1.61. The molecule has 82 valence electrons. The Hall–Kier alpha value is -0.660. The molecule has 0 aliphatic carbocycles. The molecule has 1 saturated heterocycles. The van der Waals surface area contributed by atoms with Crippen LogP contribution in [0, 0.1) is 0 Å². The van der Waals surface area contributed by atoms with E-state index in [1.807, 2.05) is 0 Å². The molecule has 2 atom stereocenters. The van der Waals surface area contributed by atoms with E-state index in [0.717, 1.165) is 5.75 Å². The molecule has 0 spiro atoms. The summed E-state index contributed by atoms with van der Waals surface area (Å²) in [4.78, 5) is 15.2. The van der Waals surface area contributed by atoms with E-state index in [0.29, 0.717) is 0 Å². The largest absolute Gasteiger partial charge is 0.394 e. The molecule has 15 heavy (non-hydrogen) atoms. The van der Waals surface area contributed by atoms with E-state index in [-0.39, 0.29) is 28.1 Å². The van der Waals surface area contributed by atoms with Gasteiger partial charge in [-0.2, -0.15) is 4.98 Å². The molecule has 1 aliphatic heterocycles. The lowest BCUT2D eigenvalue weighted by atomic mass is 10.5. The smallest absolute Gasteiger partial charge is 0.350 e. The zero-order valence-electron chi connectivity index (χ0n) is 7.87. The van der Waals surface area contributed by atoms with Crippen molar-refractivity contribution in [1.29, 1.82) is 0 Å². The number of hydrogen-bond donors (Lipinski definition) is 2. The van der Waals surface area contributed by atoms with Gasteiger partial charge in [-0.1, -0.05) is 0 Å². The first-order valence-corrected chi connectivity index (χ1v) is 6.42. The van der Waals surface area contributed by atoms with Crippen LogP contribution in [0.4, 0.5) is 5.82 Å². The number of rotatable bonds is 2. The van der Waals surface area contributed by atoms with E-state index in [1.54, 1.807) is 40.4 Å². The van der Waals surface area contributed by atoms with Gasteiger partial charge in [0.05, 0.1) is 16.6 Å². The minimum atomic E-state index is -0.327. The Labute approximate surface area is 95.1 Å². The first kappa shape index (κ1) is 10.8. The fourth-order valence-corrected chi connectivity index (χ4v) is 4.19. The average molecular weight is 245 g/mol. The maximum Gasteiger partial charge on any atom is 0.350 e. The number of nitrogens with zero attached hydrogens (tertiary/aromatic N) is 2. The van der Waals surface area contributed by atoms with Gasteiger partial charge in [0.15, 0.2) is 0 Å². The number of anilines is 1. The molecule has 0 aromatic carbocycles. The van der Waals surface area contributed by atoms with Crippen LogP contribution in [0.5, 0.6) is 0 Å². The molecule has 0 bridgehead atoms. The monoisotopic (exact) mass is 245 g/mol. The number of aliphatic hydroxyl groups is 1. The molecule has 5 nitrogen and oxygen atoms in total. The Kier molecular flexibility index (Phi) is 3.22. The van der Waals surface area contributed by atoms with Crippen LogP contribution in [-0.2, 0) is 0 Å². The van der Waals surface area contributed by atoms with Crippen LogP contribution in [0.1, 0.15) is 5.37 Å². The van der Waals surface area contributed by atoms with Crippen molar-refractivity contribution in [2.75, 3.05) is 18.1 Å². The molecule has 1 aromatic rings. The van der Waals surface area contributed by atoms with Gasteiger partial charge in [0.25, 0.3) is 0 Å². The highest BCUT2D eigenvalue weighted by Gasteiger charge is 2.27. The minimum Gasteiger partial charge on any atom is -0.394 e. The summed E-state index contributed by atoms with van der Waals surface area (Å²) in [5.41, 5.74) is 5.08. The predicted molar refractivity (Wildman–Crippen MR) is 62.9 cm³/mol. The molecular formula is C8H11N3O2S2. The van der Waals surface area contributed by atoms with Gasteiger partial charge in [0, 0.05) is 11.9 Å². The van der Waals surface area contributed by atoms with Crippen molar-refractivity contribution in [2.24, 2.45) is 0 Å². The highest BCUT2D eigenvalue weighted by molar-refractivity contribution is 8.20. The van der Waals surface area contributed by atoms with Gasteiger partial charge in [0.1, 0.15) is 5.82 Å². The third kappa shape index (κ3) is 2.30. The molecule has 0 saturated carbocycles. The fraction of sp³-hybridized carbons (Fsp3) is 0.500. The number of aliphatic hydroxyl groups excluding tert-OH is 1. The van der Waals surface area contributed by atoms with Gasteiger partial charge in [-0.15, -0.1) is 23.5 Å². The molecular weight excluding hydrogens is 234 g/mol. The topological polar surface area (TPSA) is 81.1 Å². The number of aromatic nitrogens is 2. The number of nitrogens with two attached hydrogens (primary N) is 1. The summed E-state index contributed by atoms with van der Waals surface area (Å²) >= 11 is 3.23. The van der Waals surface area contributed by atoms with E-state index < -0.39 is 0 Å². The fourth-order valence-electron chi connectivity index (χ4n) is 1.33. The van der Waals surface area contributed by atoms with Crippen LogP contribution >= 0.6 is 23.5 Å². The normalized spacial score (nSPS) is 25.7. The summed E-state index contributed by atoms with van der Waals surface area (Å²) in [6.45, 7) is 0.128. The molecule has 2 heterocycles. The van der Waals surface area contributed by atoms with Gasteiger partial charge < -0.3 is 10.8 Å². The van der Waals surface area contributed by atoms with E-state index in [2.05, 4.69) is 4.98 Å². The van der Waals surface area contributed by atoms with Crippen LogP contribution in [0.3, 0.4) is 0 Å². The Bertz CT molecular complexity index is 409. The number of hydrogen-bond acceptors (Lipinski definition) is 6. The second-order valence-corrected chi connectivity index (χ2v) is 6.00. The van der Waals surface area contributed by atoms with E-state index in [4.69, 9.17) is 10.8 Å². The first-order valence-electron chi connectivity index (χ1n) is 4.43. The van der Waals surface area contributed by atoms with Crippen molar-refractivity contribution >= 4 is 29.3 Å². The van der Waals surface area contributed by atoms with E-state index in [1.165, 1.54) is 0 Å². The molecule has 0 amide bonds. The van der Waals surface area contributed by atoms with Crippen molar-refractivity contribution in [3.63, 3.8) is 0 Å². The van der Waals surface area contributed by atoms with Crippen molar-refractivity contribution in [2.45, 2.75) is 9.96 Å². The zero-order valence-corrected chi connectivity index (χ0v) is 9.50. The molecule has 7 heteroatoms. The molecule has 1 unspecified atom stereocenters. The quantitative estimate of drug-likeness (QED) is 0.770. The van der Waals surface area contributed by atoms with Gasteiger partial charge >= 0.3 is 5.69 Å². The molecule has 0 radical (unpaired) electrons. The van der Waals surface area contributed by atoms with Crippen LogP contribution in [0.2, 0.25) is 0 Å². The number of nitrogen functional groups attached to an aromatic ring is 1. The van der Waals surface area contributed by atoms with Gasteiger partial charge in [-0.05, 0) is 6.07 Å². The van der Waals surface area contributed by atoms with Gasteiger partial charge in [-0.3, -0.25) is 4.57 Å². The van der Waals surface area contributed by atoms with Gasteiger partial charge in [0.2, 0.25) is 0 Å².